The molecule has 0 saturated heterocycles. The van der Waals surface area contributed by atoms with E-state index in [2.05, 4.69) is 5.32 Å². The van der Waals surface area contributed by atoms with Gasteiger partial charge in [0.2, 0.25) is 6.41 Å². The molecule has 1 aliphatic rings. The predicted octanol–water partition coefficient (Wildman–Crippen LogP) is 0.638. The summed E-state index contributed by atoms with van der Waals surface area (Å²) in [6.45, 7) is 0.107. The zero-order valence-corrected chi connectivity index (χ0v) is 8.17. The maximum absolute atomic E-state index is 13.0. The van der Waals surface area contributed by atoms with Crippen LogP contribution < -0.4 is 10.1 Å². The number of amides is 1. The van der Waals surface area contributed by atoms with E-state index in [-0.39, 0.29) is 24.3 Å². The fraction of sp³-hybridized carbons (Fsp3) is 0.300. The van der Waals surface area contributed by atoms with Crippen LogP contribution in [-0.2, 0) is 10.5 Å². The van der Waals surface area contributed by atoms with Gasteiger partial charge in [-0.2, -0.15) is 0 Å². The Labute approximate surface area is 89.8 Å². The maximum Gasteiger partial charge on any atom is 0.209 e. The number of carbonyl (C=O) groups excluding carboxylic acids is 1. The van der Waals surface area contributed by atoms with Gasteiger partial charge in [-0.1, -0.05) is 0 Å². The number of ether oxygens (including phenoxy) is 1. The molecule has 0 aromatic heterocycles. The molecule has 86 valence electrons. The number of aliphatic hydroxyl groups is 1. The standard InChI is InChI=1S/C10H9F2NO3/c11-7-3-6-9(4-8(7)12)16-2-1-10(6,15)13-5-14/h3-5,15H,1-2H2,(H,13,14). The first-order chi connectivity index (χ1) is 7.57. The van der Waals surface area contributed by atoms with E-state index in [9.17, 15) is 18.7 Å². The number of fused-ring (bicyclic) bond motifs is 1. The van der Waals surface area contributed by atoms with E-state index in [1.807, 2.05) is 0 Å². The smallest absolute Gasteiger partial charge is 0.209 e. The molecular formula is C10H9F2NO3. The maximum atomic E-state index is 13.0. The topological polar surface area (TPSA) is 58.6 Å². The average Bonchev–Trinajstić information content (AvgIpc) is 2.22. The molecule has 6 heteroatoms. The van der Waals surface area contributed by atoms with E-state index < -0.39 is 17.4 Å². The summed E-state index contributed by atoms with van der Waals surface area (Å²) in [5.41, 5.74) is -1.69. The van der Waals surface area contributed by atoms with Crippen LogP contribution >= 0.6 is 0 Å². The Bertz CT molecular complexity index is 438. The molecule has 1 aromatic carbocycles. The molecule has 1 heterocycles. The first kappa shape index (κ1) is 10.8. The highest BCUT2D eigenvalue weighted by atomic mass is 19.2. The van der Waals surface area contributed by atoms with Gasteiger partial charge in [-0.15, -0.1) is 0 Å². The van der Waals surface area contributed by atoms with E-state index in [1.165, 1.54) is 0 Å². The number of rotatable bonds is 2. The second-order valence-electron chi connectivity index (χ2n) is 3.48. The third kappa shape index (κ3) is 1.61. The van der Waals surface area contributed by atoms with Crippen LogP contribution in [0.5, 0.6) is 5.75 Å². The molecule has 1 aliphatic heterocycles. The number of carbonyl (C=O) groups is 1. The van der Waals surface area contributed by atoms with Crippen LogP contribution in [0.4, 0.5) is 8.78 Å². The Morgan fingerprint density at radius 3 is 2.81 bits per heavy atom. The van der Waals surface area contributed by atoms with Gasteiger partial charge >= 0.3 is 0 Å². The summed E-state index contributed by atoms with van der Waals surface area (Å²) in [6, 6.07) is 1.67. The van der Waals surface area contributed by atoms with E-state index in [4.69, 9.17) is 4.74 Å². The summed E-state index contributed by atoms with van der Waals surface area (Å²) < 4.78 is 31.0. The molecule has 0 radical (unpaired) electrons. The van der Waals surface area contributed by atoms with Crippen molar-refractivity contribution >= 4 is 6.41 Å². The summed E-state index contributed by atoms with van der Waals surface area (Å²) in [5.74, 6) is -2.13. The van der Waals surface area contributed by atoms with Crippen molar-refractivity contribution in [3.63, 3.8) is 0 Å². The highest BCUT2D eigenvalue weighted by Gasteiger charge is 2.36. The lowest BCUT2D eigenvalue weighted by molar-refractivity contribution is -0.119. The molecule has 2 N–H and O–H groups in total. The molecule has 0 bridgehead atoms. The molecule has 16 heavy (non-hydrogen) atoms. The average molecular weight is 229 g/mol. The van der Waals surface area contributed by atoms with Crippen LogP contribution in [-0.4, -0.2) is 18.1 Å². The number of hydrogen-bond acceptors (Lipinski definition) is 3. The Morgan fingerprint density at radius 1 is 1.44 bits per heavy atom. The Balaban J connectivity index is 2.53. The highest BCUT2D eigenvalue weighted by molar-refractivity contribution is 5.51. The van der Waals surface area contributed by atoms with Gasteiger partial charge in [0, 0.05) is 18.1 Å². The van der Waals surface area contributed by atoms with E-state index >= 15 is 0 Å². The Hall–Kier alpha value is -1.69. The summed E-state index contributed by atoms with van der Waals surface area (Å²) >= 11 is 0. The van der Waals surface area contributed by atoms with Crippen LogP contribution in [0.25, 0.3) is 0 Å². The molecule has 2 rings (SSSR count). The number of halogens is 2. The Morgan fingerprint density at radius 2 is 2.12 bits per heavy atom. The third-order valence-electron chi connectivity index (χ3n) is 2.49. The van der Waals surface area contributed by atoms with Crippen LogP contribution in [0.1, 0.15) is 12.0 Å². The molecule has 0 fully saturated rings. The van der Waals surface area contributed by atoms with Gasteiger partial charge in [-0.25, -0.2) is 8.78 Å². The van der Waals surface area contributed by atoms with Crippen molar-refractivity contribution in [2.24, 2.45) is 0 Å². The second-order valence-corrected chi connectivity index (χ2v) is 3.48. The molecule has 1 amide bonds. The molecule has 1 atom stereocenters. The lowest BCUT2D eigenvalue weighted by Gasteiger charge is -2.33. The van der Waals surface area contributed by atoms with Crippen molar-refractivity contribution in [2.45, 2.75) is 12.1 Å². The summed E-state index contributed by atoms with van der Waals surface area (Å²) in [5, 5.41) is 12.2. The largest absolute Gasteiger partial charge is 0.493 e. The monoisotopic (exact) mass is 229 g/mol. The number of benzene rings is 1. The zero-order chi connectivity index (χ0) is 11.8. The van der Waals surface area contributed by atoms with Gasteiger partial charge in [-0.05, 0) is 6.07 Å². The van der Waals surface area contributed by atoms with Crippen molar-refractivity contribution in [3.05, 3.63) is 29.3 Å². The minimum Gasteiger partial charge on any atom is -0.493 e. The third-order valence-corrected chi connectivity index (χ3v) is 2.49. The van der Waals surface area contributed by atoms with Crippen LogP contribution in [0.3, 0.4) is 0 Å². The molecule has 0 aliphatic carbocycles. The normalized spacial score (nSPS) is 23.2. The zero-order valence-electron chi connectivity index (χ0n) is 8.17. The number of nitrogens with one attached hydrogen (secondary N) is 1. The SMILES string of the molecule is O=CNC1(O)CCOc2cc(F)c(F)cc21. The predicted molar refractivity (Wildman–Crippen MR) is 49.6 cm³/mol. The van der Waals surface area contributed by atoms with Crippen molar-refractivity contribution < 1.29 is 23.4 Å². The van der Waals surface area contributed by atoms with E-state index in [1.54, 1.807) is 0 Å². The van der Waals surface area contributed by atoms with Crippen molar-refractivity contribution in [2.75, 3.05) is 6.61 Å². The van der Waals surface area contributed by atoms with Gasteiger partial charge in [0.25, 0.3) is 0 Å². The van der Waals surface area contributed by atoms with Crippen LogP contribution in [0, 0.1) is 11.6 Å². The Kier molecular flexibility index (Phi) is 2.51. The van der Waals surface area contributed by atoms with Gasteiger partial charge < -0.3 is 15.2 Å². The molecule has 0 saturated carbocycles. The summed E-state index contributed by atoms with van der Waals surface area (Å²) in [6.07, 6.45) is 0.375. The molecule has 1 unspecified atom stereocenters. The minimum absolute atomic E-state index is 0.0183. The van der Waals surface area contributed by atoms with Crippen LogP contribution in [0.2, 0.25) is 0 Å². The molecule has 1 aromatic rings. The first-order valence-corrected chi connectivity index (χ1v) is 4.63. The number of hydrogen-bond donors (Lipinski definition) is 2. The quantitative estimate of drug-likeness (QED) is 0.578. The second kappa shape index (κ2) is 3.71. The van der Waals surface area contributed by atoms with Crippen molar-refractivity contribution in [1.82, 2.24) is 5.32 Å². The van der Waals surface area contributed by atoms with Crippen LogP contribution in [0.15, 0.2) is 12.1 Å². The van der Waals surface area contributed by atoms with Gasteiger partial charge in [0.1, 0.15) is 5.75 Å². The molecule has 0 spiro atoms. The van der Waals surface area contributed by atoms with Gasteiger partial charge in [0.15, 0.2) is 17.4 Å². The summed E-state index contributed by atoms with van der Waals surface area (Å²) in [4.78, 5) is 10.4. The van der Waals surface area contributed by atoms with Crippen molar-refractivity contribution in [1.29, 1.82) is 0 Å². The van der Waals surface area contributed by atoms with E-state index in [0.717, 1.165) is 12.1 Å². The van der Waals surface area contributed by atoms with Gasteiger partial charge in [-0.3, -0.25) is 4.79 Å². The fourth-order valence-corrected chi connectivity index (χ4v) is 1.66. The fourth-order valence-electron chi connectivity index (χ4n) is 1.66. The van der Waals surface area contributed by atoms with Gasteiger partial charge in [0.05, 0.1) is 6.61 Å². The molecular weight excluding hydrogens is 220 g/mol. The lowest BCUT2D eigenvalue weighted by Crippen LogP contribution is -2.45. The highest BCUT2D eigenvalue weighted by Crippen LogP contribution is 2.36. The van der Waals surface area contributed by atoms with Crippen molar-refractivity contribution in [3.8, 4) is 5.75 Å². The lowest BCUT2D eigenvalue weighted by atomic mass is 9.96. The first-order valence-electron chi connectivity index (χ1n) is 4.63. The van der Waals surface area contributed by atoms with E-state index in [0.29, 0.717) is 6.41 Å². The summed E-state index contributed by atoms with van der Waals surface area (Å²) in [7, 11) is 0. The minimum atomic E-state index is -1.70. The molecule has 4 nitrogen and oxygen atoms in total.